The number of carbonyl (C=O) groups excluding carboxylic acids is 2. The Morgan fingerprint density at radius 2 is 0.875 bits per heavy atom. The van der Waals surface area contributed by atoms with Gasteiger partial charge in [-0.15, -0.1) is 0 Å². The summed E-state index contributed by atoms with van der Waals surface area (Å²) in [5.74, 6) is -1.05. The third-order valence-corrected chi connectivity index (χ3v) is 7.89. The van der Waals surface area contributed by atoms with Crippen LogP contribution in [-0.2, 0) is 14.4 Å². The highest BCUT2D eigenvalue weighted by Gasteiger charge is 2.19. The standard InChI is InChI=1S/C34H66N2O4/c1-3-5-7-9-11-13-14-15-16-18-20-22-24-29-33(38)36-31(34(39)40)27-25-26-30-35-32(37)28-23-21-19-17-12-10-8-6-4-2/h31H,3-30H2,1-2H3,(H,35,37)(H,36,38)(H,39,40)/t31-/m0/s1. The van der Waals surface area contributed by atoms with Crippen molar-refractivity contribution in [1.82, 2.24) is 10.6 Å². The van der Waals surface area contributed by atoms with Crippen LogP contribution in [0.25, 0.3) is 0 Å². The first-order valence-electron chi connectivity index (χ1n) is 17.3. The lowest BCUT2D eigenvalue weighted by Crippen LogP contribution is -2.40. The molecule has 6 nitrogen and oxygen atoms in total. The van der Waals surface area contributed by atoms with Crippen molar-refractivity contribution in [2.75, 3.05) is 6.54 Å². The van der Waals surface area contributed by atoms with Gasteiger partial charge in [0.2, 0.25) is 11.8 Å². The number of nitrogens with one attached hydrogen (secondary N) is 2. The van der Waals surface area contributed by atoms with Crippen LogP contribution in [0.2, 0.25) is 0 Å². The van der Waals surface area contributed by atoms with Crippen LogP contribution in [-0.4, -0.2) is 35.5 Å². The number of hydrogen-bond donors (Lipinski definition) is 3. The van der Waals surface area contributed by atoms with E-state index in [9.17, 15) is 19.5 Å². The first kappa shape index (κ1) is 38.4. The topological polar surface area (TPSA) is 95.5 Å². The Labute approximate surface area is 247 Å². The number of unbranched alkanes of at least 4 members (excludes halogenated alkanes) is 21. The Kier molecular flexibility index (Phi) is 29.2. The van der Waals surface area contributed by atoms with Gasteiger partial charge >= 0.3 is 5.97 Å². The van der Waals surface area contributed by atoms with Crippen LogP contribution < -0.4 is 10.6 Å². The molecular weight excluding hydrogens is 500 g/mol. The molecule has 0 radical (unpaired) electrons. The van der Waals surface area contributed by atoms with Crippen LogP contribution in [0.3, 0.4) is 0 Å². The predicted octanol–water partition coefficient (Wildman–Crippen LogP) is 9.24. The fraction of sp³-hybridized carbons (Fsp3) is 0.912. The van der Waals surface area contributed by atoms with E-state index < -0.39 is 12.0 Å². The van der Waals surface area contributed by atoms with E-state index in [0.717, 1.165) is 38.5 Å². The van der Waals surface area contributed by atoms with Crippen molar-refractivity contribution in [2.45, 2.75) is 193 Å². The number of rotatable bonds is 31. The minimum absolute atomic E-state index is 0.0869. The van der Waals surface area contributed by atoms with Crippen molar-refractivity contribution in [3.05, 3.63) is 0 Å². The van der Waals surface area contributed by atoms with Crippen LogP contribution >= 0.6 is 0 Å². The lowest BCUT2D eigenvalue weighted by molar-refractivity contribution is -0.142. The third kappa shape index (κ3) is 28.0. The molecule has 0 bridgehead atoms. The number of hydrogen-bond acceptors (Lipinski definition) is 3. The van der Waals surface area contributed by atoms with Crippen molar-refractivity contribution >= 4 is 17.8 Å². The average molecular weight is 567 g/mol. The van der Waals surface area contributed by atoms with Gasteiger partial charge < -0.3 is 15.7 Å². The SMILES string of the molecule is CCCCCCCCCCCCCCCC(=O)N[C@@H](CCCCNC(=O)CCCCCCCCCCC)C(=O)O. The Balaban J connectivity index is 3.65. The van der Waals surface area contributed by atoms with Gasteiger partial charge in [0.05, 0.1) is 0 Å². The molecule has 0 aliphatic rings. The van der Waals surface area contributed by atoms with E-state index in [-0.39, 0.29) is 11.8 Å². The Bertz CT molecular complexity index is 596. The van der Waals surface area contributed by atoms with Crippen molar-refractivity contribution < 1.29 is 19.5 Å². The minimum atomic E-state index is -0.979. The molecule has 0 heterocycles. The summed E-state index contributed by atoms with van der Waals surface area (Å²) in [5.41, 5.74) is 0. The predicted molar refractivity (Wildman–Crippen MR) is 169 cm³/mol. The van der Waals surface area contributed by atoms with Crippen molar-refractivity contribution in [1.29, 1.82) is 0 Å². The van der Waals surface area contributed by atoms with Crippen LogP contribution in [0.1, 0.15) is 187 Å². The molecule has 0 saturated carbocycles. The summed E-state index contributed by atoms with van der Waals surface area (Å²) < 4.78 is 0. The maximum Gasteiger partial charge on any atom is 0.326 e. The molecule has 0 spiro atoms. The van der Waals surface area contributed by atoms with Crippen molar-refractivity contribution in [2.24, 2.45) is 0 Å². The molecular formula is C34H66N2O4. The third-order valence-electron chi connectivity index (χ3n) is 7.89. The quantitative estimate of drug-likeness (QED) is 0.0729. The molecule has 0 saturated heterocycles. The number of carboxylic acid groups (broad SMARTS) is 1. The second-order valence-corrected chi connectivity index (χ2v) is 11.9. The Morgan fingerprint density at radius 3 is 1.27 bits per heavy atom. The molecule has 3 N–H and O–H groups in total. The zero-order valence-electron chi connectivity index (χ0n) is 26.5. The summed E-state index contributed by atoms with van der Waals surface area (Å²) in [6.07, 6.45) is 30.2. The number of aliphatic carboxylic acids is 1. The lowest BCUT2D eigenvalue weighted by atomic mass is 10.0. The van der Waals surface area contributed by atoms with Gasteiger partial charge in [0.15, 0.2) is 0 Å². The summed E-state index contributed by atoms with van der Waals surface area (Å²) in [4.78, 5) is 35.8. The maximum atomic E-state index is 12.2. The molecule has 0 aromatic heterocycles. The first-order chi connectivity index (χ1) is 19.5. The highest BCUT2D eigenvalue weighted by molar-refractivity contribution is 5.83. The van der Waals surface area contributed by atoms with E-state index in [1.807, 2.05) is 0 Å². The molecule has 6 heteroatoms. The van der Waals surface area contributed by atoms with E-state index in [1.54, 1.807) is 0 Å². The van der Waals surface area contributed by atoms with Gasteiger partial charge in [-0.05, 0) is 32.1 Å². The second kappa shape index (κ2) is 30.4. The summed E-state index contributed by atoms with van der Waals surface area (Å²) in [7, 11) is 0. The minimum Gasteiger partial charge on any atom is -0.480 e. The monoisotopic (exact) mass is 567 g/mol. The number of amides is 2. The molecule has 2 amide bonds. The Morgan fingerprint density at radius 1 is 0.500 bits per heavy atom. The number of carboxylic acids is 1. The van der Waals surface area contributed by atoms with Gasteiger partial charge in [0.25, 0.3) is 0 Å². The molecule has 0 aromatic rings. The van der Waals surface area contributed by atoms with Gasteiger partial charge in [-0.3, -0.25) is 9.59 Å². The molecule has 0 aliphatic heterocycles. The summed E-state index contributed by atoms with van der Waals surface area (Å²) in [5, 5.41) is 15.1. The van der Waals surface area contributed by atoms with Gasteiger partial charge in [-0.1, -0.05) is 142 Å². The summed E-state index contributed by atoms with van der Waals surface area (Å²) >= 11 is 0. The van der Waals surface area contributed by atoms with E-state index in [4.69, 9.17) is 0 Å². The van der Waals surface area contributed by atoms with E-state index in [1.165, 1.54) is 109 Å². The smallest absolute Gasteiger partial charge is 0.326 e. The van der Waals surface area contributed by atoms with Crippen molar-refractivity contribution in [3.8, 4) is 0 Å². The van der Waals surface area contributed by atoms with Crippen LogP contribution in [0.15, 0.2) is 0 Å². The van der Waals surface area contributed by atoms with Gasteiger partial charge in [-0.2, -0.15) is 0 Å². The van der Waals surface area contributed by atoms with Crippen LogP contribution in [0.4, 0.5) is 0 Å². The molecule has 40 heavy (non-hydrogen) atoms. The molecule has 0 aromatic carbocycles. The highest BCUT2D eigenvalue weighted by Crippen LogP contribution is 2.13. The lowest BCUT2D eigenvalue weighted by Gasteiger charge is -2.14. The van der Waals surface area contributed by atoms with Gasteiger partial charge in [0, 0.05) is 19.4 Å². The van der Waals surface area contributed by atoms with E-state index >= 15 is 0 Å². The normalized spacial score (nSPS) is 11.8. The molecule has 0 fully saturated rings. The van der Waals surface area contributed by atoms with Crippen LogP contribution in [0.5, 0.6) is 0 Å². The second-order valence-electron chi connectivity index (χ2n) is 11.9. The maximum absolute atomic E-state index is 12.2. The van der Waals surface area contributed by atoms with Gasteiger partial charge in [-0.25, -0.2) is 4.79 Å². The fourth-order valence-corrected chi connectivity index (χ4v) is 5.21. The molecule has 1 atom stereocenters. The van der Waals surface area contributed by atoms with Crippen LogP contribution in [0, 0.1) is 0 Å². The molecule has 0 unspecified atom stereocenters. The van der Waals surface area contributed by atoms with E-state index in [2.05, 4.69) is 24.5 Å². The summed E-state index contributed by atoms with van der Waals surface area (Å²) in [6, 6.07) is -0.841. The van der Waals surface area contributed by atoms with Crippen molar-refractivity contribution in [3.63, 3.8) is 0 Å². The fourth-order valence-electron chi connectivity index (χ4n) is 5.21. The largest absolute Gasteiger partial charge is 0.480 e. The molecule has 0 rings (SSSR count). The van der Waals surface area contributed by atoms with E-state index in [0.29, 0.717) is 32.2 Å². The molecule has 0 aliphatic carbocycles. The highest BCUT2D eigenvalue weighted by atomic mass is 16.4. The van der Waals surface area contributed by atoms with Gasteiger partial charge in [0.1, 0.15) is 6.04 Å². The number of carbonyl (C=O) groups is 3. The zero-order valence-corrected chi connectivity index (χ0v) is 26.5. The summed E-state index contributed by atoms with van der Waals surface area (Å²) in [6.45, 7) is 5.06. The zero-order chi connectivity index (χ0) is 29.5. The Hall–Kier alpha value is -1.59. The first-order valence-corrected chi connectivity index (χ1v) is 17.3. The average Bonchev–Trinajstić information content (AvgIpc) is 2.93. The molecule has 236 valence electrons.